The molecule has 0 radical (unpaired) electrons. The average Bonchev–Trinajstić information content (AvgIpc) is 3.28. The summed E-state index contributed by atoms with van der Waals surface area (Å²) in [5.41, 5.74) is 1.88. The van der Waals surface area contributed by atoms with E-state index < -0.39 is 41.7 Å². The topological polar surface area (TPSA) is 131 Å². The molecule has 4 aromatic rings. The van der Waals surface area contributed by atoms with Gasteiger partial charge >= 0.3 is 6.18 Å². The second kappa shape index (κ2) is 8.87. The van der Waals surface area contributed by atoms with Gasteiger partial charge in [0.05, 0.1) is 18.4 Å². The lowest BCUT2D eigenvalue weighted by Gasteiger charge is -2.27. The molecule has 3 heterocycles. The molecule has 4 N–H and O–H groups in total. The van der Waals surface area contributed by atoms with Crippen molar-refractivity contribution >= 4 is 17.4 Å². The quantitative estimate of drug-likeness (QED) is 0.337. The molecule has 9 nitrogen and oxygen atoms in total. The van der Waals surface area contributed by atoms with Crippen molar-refractivity contribution in [1.82, 2.24) is 24.3 Å². The molecule has 0 saturated heterocycles. The zero-order valence-electron chi connectivity index (χ0n) is 17.6. The third-order valence-corrected chi connectivity index (χ3v) is 5.12. The fourth-order valence-electron chi connectivity index (χ4n) is 3.20. The molecule has 14 heteroatoms. The van der Waals surface area contributed by atoms with Crippen LogP contribution in [0.15, 0.2) is 49.1 Å². The number of halogens is 5. The summed E-state index contributed by atoms with van der Waals surface area (Å²) < 4.78 is 69.3. The van der Waals surface area contributed by atoms with Gasteiger partial charge < -0.3 is 20.6 Å². The number of anilines is 1. The number of aliphatic hydroxyl groups is 1. The molecule has 182 valence electrons. The normalized spacial score (nSPS) is 13.5. The van der Waals surface area contributed by atoms with Gasteiger partial charge in [-0.2, -0.15) is 13.2 Å². The highest BCUT2D eigenvalue weighted by Gasteiger charge is 2.58. The average molecular weight is 493 g/mol. The molecule has 0 bridgehead atoms. The zero-order chi connectivity index (χ0) is 25.4. The highest BCUT2D eigenvalue weighted by atomic mass is 19.4. The number of amides is 1. The molecule has 1 aromatic carbocycles. The minimum absolute atomic E-state index is 0.0462. The Morgan fingerprint density at radius 1 is 1.11 bits per heavy atom. The number of carbonyl (C=O) groups excluding carboxylic acids is 1. The van der Waals surface area contributed by atoms with Crippen LogP contribution in [0.2, 0.25) is 0 Å². The molecule has 35 heavy (non-hydrogen) atoms. The van der Waals surface area contributed by atoms with Crippen molar-refractivity contribution in [3.8, 4) is 11.5 Å². The van der Waals surface area contributed by atoms with Gasteiger partial charge in [0.1, 0.15) is 11.5 Å². The van der Waals surface area contributed by atoms with Crippen LogP contribution >= 0.6 is 0 Å². The minimum atomic E-state index is -5.42. The van der Waals surface area contributed by atoms with Gasteiger partial charge in [-0.05, 0) is 11.6 Å². The Morgan fingerprint density at radius 2 is 1.86 bits per heavy atom. The summed E-state index contributed by atoms with van der Waals surface area (Å²) in [4.78, 5) is 27.5. The van der Waals surface area contributed by atoms with Gasteiger partial charge in [0.2, 0.25) is 0 Å². The standard InChI is InChI=1S/C21H16F5N7O2/c22-12-4-2-1-3-11(12)7-14-18-28-5-6-33(18)9-15(31-14)17-29-8-13(23)16(32-17)30-10-20(35,19(27)34)21(24,25)26/h1-6,8-9,35H,7,10H2,(H2,27,34)(H,29,30,32). The van der Waals surface area contributed by atoms with Crippen LogP contribution in [0.4, 0.5) is 27.8 Å². The summed E-state index contributed by atoms with van der Waals surface area (Å²) in [5, 5.41) is 11.6. The van der Waals surface area contributed by atoms with Crippen LogP contribution in [0.3, 0.4) is 0 Å². The monoisotopic (exact) mass is 493 g/mol. The number of nitrogens with zero attached hydrogens (tertiary/aromatic N) is 5. The van der Waals surface area contributed by atoms with E-state index in [-0.39, 0.29) is 17.9 Å². The van der Waals surface area contributed by atoms with E-state index in [1.54, 1.807) is 22.7 Å². The van der Waals surface area contributed by atoms with E-state index in [9.17, 15) is 31.9 Å². The highest BCUT2D eigenvalue weighted by molar-refractivity contribution is 5.85. The number of rotatable bonds is 7. The molecule has 0 spiro atoms. The Kier molecular flexibility index (Phi) is 6.06. The SMILES string of the molecule is NC(=O)C(O)(CNc1nc(-c2cn3ccnc3c(Cc3ccccc3F)n2)ncc1F)C(F)(F)F. The summed E-state index contributed by atoms with van der Waals surface area (Å²) in [6.45, 7) is -1.49. The van der Waals surface area contributed by atoms with Gasteiger partial charge in [-0.1, -0.05) is 18.2 Å². The van der Waals surface area contributed by atoms with Gasteiger partial charge in [0.25, 0.3) is 11.5 Å². The maximum Gasteiger partial charge on any atom is 0.428 e. The number of benzene rings is 1. The summed E-state index contributed by atoms with van der Waals surface area (Å²) in [5.74, 6) is -4.62. The molecular weight excluding hydrogens is 477 g/mol. The summed E-state index contributed by atoms with van der Waals surface area (Å²) in [6, 6.07) is 6.05. The zero-order valence-corrected chi connectivity index (χ0v) is 17.6. The predicted octanol–water partition coefficient (Wildman–Crippen LogP) is 2.25. The molecule has 0 aliphatic rings. The summed E-state index contributed by atoms with van der Waals surface area (Å²) in [7, 11) is 0. The van der Waals surface area contributed by atoms with Crippen molar-refractivity contribution in [1.29, 1.82) is 0 Å². The van der Waals surface area contributed by atoms with Crippen molar-refractivity contribution < 1.29 is 31.9 Å². The van der Waals surface area contributed by atoms with Crippen LogP contribution in [-0.4, -0.2) is 53.7 Å². The van der Waals surface area contributed by atoms with E-state index in [0.717, 1.165) is 0 Å². The maximum atomic E-state index is 14.2. The van der Waals surface area contributed by atoms with Crippen LogP contribution in [0, 0.1) is 11.6 Å². The number of hydrogen-bond acceptors (Lipinski definition) is 7. The molecule has 0 saturated carbocycles. The number of nitrogens with two attached hydrogens (primary N) is 1. The van der Waals surface area contributed by atoms with Gasteiger partial charge in [0.15, 0.2) is 23.1 Å². The highest BCUT2D eigenvalue weighted by Crippen LogP contribution is 2.31. The lowest BCUT2D eigenvalue weighted by atomic mass is 10.0. The van der Waals surface area contributed by atoms with E-state index >= 15 is 0 Å². The summed E-state index contributed by atoms with van der Waals surface area (Å²) >= 11 is 0. The fraction of sp³-hybridized carbons (Fsp3) is 0.190. The van der Waals surface area contributed by atoms with E-state index in [0.29, 0.717) is 23.1 Å². The second-order valence-corrected chi connectivity index (χ2v) is 7.47. The number of carbonyl (C=O) groups is 1. The van der Waals surface area contributed by atoms with Gasteiger partial charge in [-0.15, -0.1) is 0 Å². The summed E-state index contributed by atoms with van der Waals surface area (Å²) in [6.07, 6.45) is -0.202. The molecule has 1 unspecified atom stereocenters. The molecule has 4 rings (SSSR count). The number of fused-ring (bicyclic) bond motifs is 1. The molecule has 0 aliphatic heterocycles. The number of aromatic nitrogens is 5. The van der Waals surface area contributed by atoms with Gasteiger partial charge in [0, 0.05) is 25.0 Å². The maximum absolute atomic E-state index is 14.2. The number of hydrogen-bond donors (Lipinski definition) is 3. The van der Waals surface area contributed by atoms with E-state index in [1.807, 2.05) is 5.32 Å². The molecule has 0 fully saturated rings. The van der Waals surface area contributed by atoms with E-state index in [2.05, 4.69) is 19.9 Å². The van der Waals surface area contributed by atoms with Crippen LogP contribution in [0.1, 0.15) is 11.3 Å². The van der Waals surface area contributed by atoms with Crippen molar-refractivity contribution in [2.75, 3.05) is 11.9 Å². The molecule has 1 atom stereocenters. The molecule has 1 amide bonds. The van der Waals surface area contributed by atoms with Crippen molar-refractivity contribution in [3.63, 3.8) is 0 Å². The first kappa shape index (κ1) is 23.9. The van der Waals surface area contributed by atoms with Crippen LogP contribution in [0.5, 0.6) is 0 Å². The second-order valence-electron chi connectivity index (χ2n) is 7.47. The molecular formula is C21H16F5N7O2. The largest absolute Gasteiger partial charge is 0.428 e. The van der Waals surface area contributed by atoms with Gasteiger partial charge in [-0.3, -0.25) is 4.79 Å². The third-order valence-electron chi connectivity index (χ3n) is 5.12. The lowest BCUT2D eigenvalue weighted by Crippen LogP contribution is -2.59. The van der Waals surface area contributed by atoms with Crippen LogP contribution < -0.4 is 11.1 Å². The lowest BCUT2D eigenvalue weighted by molar-refractivity contribution is -0.245. The van der Waals surface area contributed by atoms with E-state index in [4.69, 9.17) is 5.73 Å². The first-order valence-corrected chi connectivity index (χ1v) is 9.91. The van der Waals surface area contributed by atoms with E-state index in [1.165, 1.54) is 24.5 Å². The third kappa shape index (κ3) is 4.59. The minimum Gasteiger partial charge on any atom is -0.371 e. The number of imidazole rings is 1. The Hall–Kier alpha value is -4.20. The Labute approximate surface area is 193 Å². The van der Waals surface area contributed by atoms with Gasteiger partial charge in [-0.25, -0.2) is 28.7 Å². The van der Waals surface area contributed by atoms with Crippen molar-refractivity contribution in [2.45, 2.75) is 18.2 Å². The number of primary amides is 1. The molecule has 0 aliphatic carbocycles. The number of alkyl halides is 3. The molecule has 3 aromatic heterocycles. The van der Waals surface area contributed by atoms with Crippen molar-refractivity contribution in [2.24, 2.45) is 5.73 Å². The Morgan fingerprint density at radius 3 is 2.54 bits per heavy atom. The number of nitrogens with one attached hydrogen (secondary N) is 1. The first-order chi connectivity index (χ1) is 16.5. The van der Waals surface area contributed by atoms with Crippen LogP contribution in [0.25, 0.3) is 17.2 Å². The van der Waals surface area contributed by atoms with Crippen LogP contribution in [-0.2, 0) is 11.2 Å². The Bertz CT molecular complexity index is 1410. The Balaban J connectivity index is 1.70. The van der Waals surface area contributed by atoms with Crippen molar-refractivity contribution in [3.05, 3.63) is 71.9 Å². The predicted molar refractivity (Wildman–Crippen MR) is 112 cm³/mol. The fourth-order valence-corrected chi connectivity index (χ4v) is 3.20. The first-order valence-electron chi connectivity index (χ1n) is 9.91. The smallest absolute Gasteiger partial charge is 0.371 e.